The molecular formula is C14H14O2. The van der Waals surface area contributed by atoms with E-state index >= 15 is 0 Å². The molecule has 1 aliphatic rings. The summed E-state index contributed by atoms with van der Waals surface area (Å²) in [6.45, 7) is 1.96. The number of aliphatic carboxylic acids is 1. The molecule has 0 heterocycles. The van der Waals surface area contributed by atoms with Crippen LogP contribution < -0.4 is 0 Å². The van der Waals surface area contributed by atoms with Crippen LogP contribution in [0.5, 0.6) is 0 Å². The van der Waals surface area contributed by atoms with Gasteiger partial charge in [-0.2, -0.15) is 0 Å². The third kappa shape index (κ3) is 1.67. The Morgan fingerprint density at radius 2 is 1.94 bits per heavy atom. The summed E-state index contributed by atoms with van der Waals surface area (Å²) < 4.78 is 0. The molecule has 0 saturated carbocycles. The van der Waals surface area contributed by atoms with E-state index in [0.717, 1.165) is 5.56 Å². The molecular weight excluding hydrogens is 200 g/mol. The summed E-state index contributed by atoms with van der Waals surface area (Å²) in [5.41, 5.74) is 0.574. The molecule has 1 aromatic carbocycles. The predicted molar refractivity (Wildman–Crippen MR) is 63.2 cm³/mol. The fourth-order valence-corrected chi connectivity index (χ4v) is 2.15. The molecule has 0 aliphatic heterocycles. The van der Waals surface area contributed by atoms with Gasteiger partial charge in [0.2, 0.25) is 0 Å². The van der Waals surface area contributed by atoms with Crippen LogP contribution in [0.4, 0.5) is 0 Å². The monoisotopic (exact) mass is 214 g/mol. The van der Waals surface area contributed by atoms with E-state index in [1.165, 1.54) is 0 Å². The number of carboxylic acids is 1. The van der Waals surface area contributed by atoms with Crippen LogP contribution >= 0.6 is 0 Å². The molecule has 16 heavy (non-hydrogen) atoms. The molecule has 2 nitrogen and oxygen atoms in total. The van der Waals surface area contributed by atoms with E-state index < -0.39 is 17.3 Å². The zero-order chi connectivity index (χ0) is 11.6. The highest BCUT2D eigenvalue weighted by atomic mass is 16.4. The Hall–Kier alpha value is -1.83. The minimum Gasteiger partial charge on any atom is -0.481 e. The molecule has 1 aliphatic carbocycles. The molecule has 82 valence electrons. The zero-order valence-electron chi connectivity index (χ0n) is 9.13. The standard InChI is InChI=1S/C14H14O2/c1-14(11-7-3-2-4-8-11)10-6-5-9-12(14)13(15)16/h2-10,12H,1H3,(H,15,16). The summed E-state index contributed by atoms with van der Waals surface area (Å²) in [4.78, 5) is 11.3. The van der Waals surface area contributed by atoms with Crippen molar-refractivity contribution in [3.05, 3.63) is 60.2 Å². The van der Waals surface area contributed by atoms with Crippen LogP contribution in [0.2, 0.25) is 0 Å². The average Bonchev–Trinajstić information content (AvgIpc) is 2.30. The van der Waals surface area contributed by atoms with Crippen molar-refractivity contribution in [2.75, 3.05) is 0 Å². The van der Waals surface area contributed by atoms with Gasteiger partial charge in [-0.1, -0.05) is 61.6 Å². The van der Waals surface area contributed by atoms with Crippen molar-refractivity contribution in [3.8, 4) is 0 Å². The first-order chi connectivity index (χ1) is 7.64. The van der Waals surface area contributed by atoms with E-state index in [0.29, 0.717) is 0 Å². The van der Waals surface area contributed by atoms with E-state index in [1.54, 1.807) is 12.2 Å². The summed E-state index contributed by atoms with van der Waals surface area (Å²) in [6.07, 6.45) is 7.41. The lowest BCUT2D eigenvalue weighted by Gasteiger charge is -2.33. The Balaban J connectivity index is 2.47. The molecule has 0 fully saturated rings. The zero-order valence-corrected chi connectivity index (χ0v) is 9.13. The molecule has 0 radical (unpaired) electrons. The molecule has 2 unspecified atom stereocenters. The average molecular weight is 214 g/mol. The van der Waals surface area contributed by atoms with Crippen molar-refractivity contribution >= 4 is 5.97 Å². The van der Waals surface area contributed by atoms with Gasteiger partial charge in [0.15, 0.2) is 0 Å². The fourth-order valence-electron chi connectivity index (χ4n) is 2.15. The summed E-state index contributed by atoms with van der Waals surface area (Å²) in [5, 5.41) is 9.25. The molecule has 0 aromatic heterocycles. The van der Waals surface area contributed by atoms with Gasteiger partial charge < -0.3 is 5.11 Å². The highest BCUT2D eigenvalue weighted by Gasteiger charge is 2.37. The van der Waals surface area contributed by atoms with Crippen molar-refractivity contribution in [3.63, 3.8) is 0 Å². The van der Waals surface area contributed by atoms with Gasteiger partial charge >= 0.3 is 5.97 Å². The molecule has 0 spiro atoms. The third-order valence-corrected chi connectivity index (χ3v) is 3.17. The lowest BCUT2D eigenvalue weighted by Crippen LogP contribution is -2.35. The Morgan fingerprint density at radius 3 is 2.56 bits per heavy atom. The van der Waals surface area contributed by atoms with Gasteiger partial charge in [-0.25, -0.2) is 0 Å². The molecule has 0 amide bonds. The first-order valence-corrected chi connectivity index (χ1v) is 5.29. The molecule has 2 rings (SSSR count). The number of hydrogen-bond donors (Lipinski definition) is 1. The quantitative estimate of drug-likeness (QED) is 0.821. The van der Waals surface area contributed by atoms with Crippen LogP contribution in [-0.2, 0) is 10.2 Å². The first kappa shape index (κ1) is 10.7. The minimum absolute atomic E-state index is 0.457. The number of allylic oxidation sites excluding steroid dienone is 3. The van der Waals surface area contributed by atoms with Gasteiger partial charge in [0.05, 0.1) is 5.92 Å². The predicted octanol–water partition coefficient (Wildman–Crippen LogP) is 2.77. The SMILES string of the molecule is CC1(c2ccccc2)C=CC=CC1C(=O)O. The molecule has 0 saturated heterocycles. The number of carbonyl (C=O) groups is 1. The number of hydrogen-bond acceptors (Lipinski definition) is 1. The maximum Gasteiger partial charge on any atom is 0.311 e. The van der Waals surface area contributed by atoms with Gasteiger partial charge in [0, 0.05) is 5.41 Å². The summed E-state index contributed by atoms with van der Waals surface area (Å²) in [6, 6.07) is 9.75. The normalized spacial score (nSPS) is 27.9. The maximum absolute atomic E-state index is 11.3. The number of carboxylic acid groups (broad SMARTS) is 1. The second-order valence-electron chi connectivity index (χ2n) is 4.21. The number of benzene rings is 1. The van der Waals surface area contributed by atoms with Crippen LogP contribution in [0, 0.1) is 5.92 Å². The summed E-state index contributed by atoms with van der Waals surface area (Å²) >= 11 is 0. The molecule has 1 N–H and O–H groups in total. The molecule has 0 bridgehead atoms. The highest BCUT2D eigenvalue weighted by Crippen LogP contribution is 2.36. The highest BCUT2D eigenvalue weighted by molar-refractivity contribution is 5.76. The van der Waals surface area contributed by atoms with Crippen LogP contribution in [0.15, 0.2) is 54.6 Å². The van der Waals surface area contributed by atoms with Crippen LogP contribution in [0.25, 0.3) is 0 Å². The van der Waals surface area contributed by atoms with Crippen molar-refractivity contribution in [1.82, 2.24) is 0 Å². The summed E-state index contributed by atoms with van der Waals surface area (Å²) in [7, 11) is 0. The molecule has 2 atom stereocenters. The first-order valence-electron chi connectivity index (χ1n) is 5.29. The Labute approximate surface area is 94.9 Å². The molecule has 2 heteroatoms. The lowest BCUT2D eigenvalue weighted by molar-refractivity contribution is -0.141. The Morgan fingerprint density at radius 1 is 1.25 bits per heavy atom. The van der Waals surface area contributed by atoms with E-state index in [2.05, 4.69) is 0 Å². The van der Waals surface area contributed by atoms with E-state index in [-0.39, 0.29) is 0 Å². The van der Waals surface area contributed by atoms with Crippen molar-refractivity contribution in [1.29, 1.82) is 0 Å². The van der Waals surface area contributed by atoms with Crippen molar-refractivity contribution in [2.45, 2.75) is 12.3 Å². The Bertz CT molecular complexity index is 445. The topological polar surface area (TPSA) is 37.3 Å². The van der Waals surface area contributed by atoms with Gasteiger partial charge in [-0.05, 0) is 5.56 Å². The third-order valence-electron chi connectivity index (χ3n) is 3.17. The smallest absolute Gasteiger partial charge is 0.311 e. The van der Waals surface area contributed by atoms with E-state index in [4.69, 9.17) is 0 Å². The van der Waals surface area contributed by atoms with E-state index in [1.807, 2.05) is 49.4 Å². The van der Waals surface area contributed by atoms with E-state index in [9.17, 15) is 9.90 Å². The van der Waals surface area contributed by atoms with Crippen LogP contribution in [0.3, 0.4) is 0 Å². The van der Waals surface area contributed by atoms with Gasteiger partial charge in [-0.15, -0.1) is 0 Å². The molecule has 1 aromatic rings. The lowest BCUT2D eigenvalue weighted by atomic mass is 9.70. The van der Waals surface area contributed by atoms with Crippen LogP contribution in [-0.4, -0.2) is 11.1 Å². The summed E-state index contributed by atoms with van der Waals surface area (Å²) in [5.74, 6) is -1.29. The number of rotatable bonds is 2. The minimum atomic E-state index is -0.785. The van der Waals surface area contributed by atoms with Gasteiger partial charge in [0.1, 0.15) is 0 Å². The van der Waals surface area contributed by atoms with Gasteiger partial charge in [-0.3, -0.25) is 4.79 Å². The van der Waals surface area contributed by atoms with Crippen molar-refractivity contribution < 1.29 is 9.90 Å². The maximum atomic E-state index is 11.3. The van der Waals surface area contributed by atoms with Crippen molar-refractivity contribution in [2.24, 2.45) is 5.92 Å². The van der Waals surface area contributed by atoms with Gasteiger partial charge in [0.25, 0.3) is 0 Å². The Kier molecular flexibility index (Phi) is 2.65. The van der Waals surface area contributed by atoms with Crippen LogP contribution in [0.1, 0.15) is 12.5 Å². The second-order valence-corrected chi connectivity index (χ2v) is 4.21. The second kappa shape index (κ2) is 3.97. The largest absolute Gasteiger partial charge is 0.481 e. The fraction of sp³-hybridized carbons (Fsp3) is 0.214.